The molecular weight excluding hydrogens is 288 g/mol. The highest BCUT2D eigenvalue weighted by molar-refractivity contribution is 8.41. The number of thioether (sulfide) groups is 4. The van der Waals surface area contributed by atoms with Gasteiger partial charge in [0, 0.05) is 17.1 Å². The van der Waals surface area contributed by atoms with E-state index in [2.05, 4.69) is 6.08 Å². The van der Waals surface area contributed by atoms with Gasteiger partial charge in [0.2, 0.25) is 0 Å². The predicted octanol–water partition coefficient (Wildman–Crippen LogP) is 4.78. The minimum absolute atomic E-state index is 0.353. The summed E-state index contributed by atoms with van der Waals surface area (Å²) in [5.74, 6) is 2.77. The van der Waals surface area contributed by atoms with E-state index in [0.717, 1.165) is 5.56 Å². The fourth-order valence-corrected chi connectivity index (χ4v) is 7.41. The van der Waals surface area contributed by atoms with Gasteiger partial charge in [-0.3, -0.25) is 0 Å². The molecule has 17 heavy (non-hydrogen) atoms. The van der Waals surface area contributed by atoms with Gasteiger partial charge in [-0.25, -0.2) is 0 Å². The van der Waals surface area contributed by atoms with Crippen molar-refractivity contribution in [3.63, 3.8) is 0 Å². The van der Waals surface area contributed by atoms with E-state index in [0.29, 0.717) is 5.75 Å². The second-order valence-electron chi connectivity index (χ2n) is 3.50. The molecule has 88 valence electrons. The zero-order chi connectivity index (χ0) is 11.7. The van der Waals surface area contributed by atoms with Crippen LogP contribution in [0.1, 0.15) is 5.56 Å². The van der Waals surface area contributed by atoms with Crippen molar-refractivity contribution in [3.05, 3.63) is 42.5 Å². The highest BCUT2D eigenvalue weighted by atomic mass is 32.3. The molecule has 2 heterocycles. The molecule has 1 N–H and O–H groups in total. The Morgan fingerprint density at radius 1 is 1.00 bits per heavy atom. The molecule has 0 saturated heterocycles. The molecule has 2 aliphatic heterocycles. The summed E-state index contributed by atoms with van der Waals surface area (Å²) < 4.78 is 4.14. The maximum atomic E-state index is 9.74. The predicted molar refractivity (Wildman–Crippen MR) is 83.2 cm³/mol. The maximum absolute atomic E-state index is 9.74. The molecular formula is C12H10OS4. The summed E-state index contributed by atoms with van der Waals surface area (Å²) >= 11 is 7.57. The number of rotatable bonds is 1. The van der Waals surface area contributed by atoms with E-state index < -0.39 is 0 Å². The lowest BCUT2D eigenvalue weighted by atomic mass is 10.2. The first-order chi connectivity index (χ1) is 8.33. The molecule has 0 aliphatic carbocycles. The van der Waals surface area contributed by atoms with E-state index in [1.54, 1.807) is 6.07 Å². The number of para-hydroxylation sites is 1. The average molecular weight is 298 g/mol. The van der Waals surface area contributed by atoms with Crippen molar-refractivity contribution in [3.8, 4) is 5.75 Å². The Morgan fingerprint density at radius 2 is 1.65 bits per heavy atom. The summed E-state index contributed by atoms with van der Waals surface area (Å²) in [5, 5.41) is 9.74. The Morgan fingerprint density at radius 3 is 2.29 bits per heavy atom. The molecule has 1 aromatic carbocycles. The van der Waals surface area contributed by atoms with Gasteiger partial charge in [-0.1, -0.05) is 41.7 Å². The van der Waals surface area contributed by atoms with Gasteiger partial charge in [0.15, 0.2) is 0 Å². The fraction of sp³-hybridized carbons (Fsp3) is 0.167. The molecule has 0 radical (unpaired) electrons. The molecule has 3 rings (SSSR count). The normalized spacial score (nSPS) is 19.4. The molecule has 0 atom stereocenters. The van der Waals surface area contributed by atoms with Crippen LogP contribution in [0.3, 0.4) is 0 Å². The Kier molecular flexibility index (Phi) is 3.70. The summed E-state index contributed by atoms with van der Waals surface area (Å²) in [5.41, 5.74) is 0.900. The Labute approximate surface area is 118 Å². The summed E-state index contributed by atoms with van der Waals surface area (Å²) in [6.07, 6.45) is 2.07. The minimum atomic E-state index is 0.353. The lowest BCUT2D eigenvalue weighted by molar-refractivity contribution is 0.474. The first-order valence-corrected chi connectivity index (χ1v) is 8.78. The third-order valence-electron chi connectivity index (χ3n) is 2.31. The van der Waals surface area contributed by atoms with Gasteiger partial charge in [0.25, 0.3) is 0 Å². The molecule has 0 spiro atoms. The molecule has 5 heteroatoms. The number of hydrogen-bond donors (Lipinski definition) is 1. The van der Waals surface area contributed by atoms with E-state index >= 15 is 0 Å². The zero-order valence-electron chi connectivity index (χ0n) is 8.88. The third kappa shape index (κ3) is 2.67. The molecule has 2 aliphatic rings. The zero-order valence-corrected chi connectivity index (χ0v) is 12.1. The SMILES string of the molecule is Oc1ccccc1C=C1SC2=C(SCCS2)S1. The lowest BCUT2D eigenvalue weighted by Crippen LogP contribution is -1.88. The number of hydrogen-bond acceptors (Lipinski definition) is 5. The summed E-state index contributed by atoms with van der Waals surface area (Å²) in [4.78, 5) is 0. The van der Waals surface area contributed by atoms with Crippen LogP contribution in [0.25, 0.3) is 6.08 Å². The average Bonchev–Trinajstić information content (AvgIpc) is 2.74. The van der Waals surface area contributed by atoms with Gasteiger partial charge in [-0.2, -0.15) is 0 Å². The number of phenols is 1. The van der Waals surface area contributed by atoms with Crippen LogP contribution in [-0.4, -0.2) is 16.6 Å². The van der Waals surface area contributed by atoms with Crippen molar-refractivity contribution < 1.29 is 5.11 Å². The van der Waals surface area contributed by atoms with Crippen LogP contribution in [0, 0.1) is 0 Å². The standard InChI is InChI=1S/C12H10OS4/c13-9-4-2-1-3-8(9)7-10-16-11-12(17-10)15-6-5-14-11/h1-4,7,13H,5-6H2. The van der Waals surface area contributed by atoms with E-state index in [-0.39, 0.29) is 0 Å². The number of benzene rings is 1. The van der Waals surface area contributed by atoms with E-state index in [9.17, 15) is 5.11 Å². The smallest absolute Gasteiger partial charge is 0.122 e. The topological polar surface area (TPSA) is 20.2 Å². The monoisotopic (exact) mass is 298 g/mol. The maximum Gasteiger partial charge on any atom is 0.122 e. The summed E-state index contributed by atoms with van der Waals surface area (Å²) in [7, 11) is 0. The number of aromatic hydroxyl groups is 1. The van der Waals surface area contributed by atoms with Gasteiger partial charge in [-0.15, -0.1) is 23.5 Å². The van der Waals surface area contributed by atoms with Crippen LogP contribution < -0.4 is 0 Å². The second-order valence-corrected chi connectivity index (χ2v) is 8.59. The van der Waals surface area contributed by atoms with Crippen molar-refractivity contribution in [1.82, 2.24) is 0 Å². The van der Waals surface area contributed by atoms with Crippen LogP contribution in [0.15, 0.2) is 37.0 Å². The Hall–Kier alpha value is -0.100. The molecule has 0 saturated carbocycles. The second kappa shape index (κ2) is 5.26. The molecule has 0 unspecified atom stereocenters. The van der Waals surface area contributed by atoms with Gasteiger partial charge in [0.1, 0.15) is 5.75 Å². The quantitative estimate of drug-likeness (QED) is 0.803. The van der Waals surface area contributed by atoms with Gasteiger partial charge < -0.3 is 5.11 Å². The molecule has 1 aromatic rings. The first-order valence-electron chi connectivity index (χ1n) is 5.18. The third-order valence-corrected chi connectivity index (χ3v) is 7.96. The van der Waals surface area contributed by atoms with Crippen LogP contribution in [0.2, 0.25) is 0 Å². The van der Waals surface area contributed by atoms with E-state index in [1.165, 1.54) is 24.2 Å². The van der Waals surface area contributed by atoms with Crippen LogP contribution in [-0.2, 0) is 0 Å². The van der Waals surface area contributed by atoms with Gasteiger partial charge >= 0.3 is 0 Å². The van der Waals surface area contributed by atoms with Crippen molar-refractivity contribution in [2.75, 3.05) is 11.5 Å². The molecule has 0 amide bonds. The van der Waals surface area contributed by atoms with Crippen molar-refractivity contribution in [1.29, 1.82) is 0 Å². The van der Waals surface area contributed by atoms with Crippen LogP contribution >= 0.6 is 47.0 Å². The van der Waals surface area contributed by atoms with Crippen molar-refractivity contribution in [2.45, 2.75) is 0 Å². The van der Waals surface area contributed by atoms with Gasteiger partial charge in [0.05, 0.1) is 12.7 Å². The van der Waals surface area contributed by atoms with E-state index in [1.807, 2.05) is 65.2 Å². The Bertz CT molecular complexity index is 487. The molecule has 0 aromatic heterocycles. The van der Waals surface area contributed by atoms with Crippen molar-refractivity contribution >= 4 is 53.1 Å². The van der Waals surface area contributed by atoms with Crippen LogP contribution in [0.5, 0.6) is 5.75 Å². The largest absolute Gasteiger partial charge is 0.507 e. The molecule has 1 nitrogen and oxygen atoms in total. The van der Waals surface area contributed by atoms with Crippen molar-refractivity contribution in [2.24, 2.45) is 0 Å². The molecule has 0 fully saturated rings. The molecule has 0 bridgehead atoms. The fourth-order valence-electron chi connectivity index (χ4n) is 1.53. The highest BCUT2D eigenvalue weighted by Gasteiger charge is 2.24. The van der Waals surface area contributed by atoms with Crippen LogP contribution in [0.4, 0.5) is 0 Å². The summed E-state index contributed by atoms with van der Waals surface area (Å²) in [6, 6.07) is 7.48. The number of phenolic OH excluding ortho intramolecular Hbond substituents is 1. The highest BCUT2D eigenvalue weighted by Crippen LogP contribution is 2.59. The minimum Gasteiger partial charge on any atom is -0.507 e. The summed E-state index contributed by atoms with van der Waals surface area (Å²) in [6.45, 7) is 0. The first kappa shape index (κ1) is 12.0. The van der Waals surface area contributed by atoms with E-state index in [4.69, 9.17) is 0 Å². The Balaban J connectivity index is 1.82. The van der Waals surface area contributed by atoms with Gasteiger partial charge in [-0.05, 0) is 12.1 Å². The lowest BCUT2D eigenvalue weighted by Gasteiger charge is -2.08.